The van der Waals surface area contributed by atoms with Crippen LogP contribution >= 0.6 is 0 Å². The molecule has 0 bridgehead atoms. The van der Waals surface area contributed by atoms with Gasteiger partial charge in [-0.05, 0) is 48.7 Å². The summed E-state index contributed by atoms with van der Waals surface area (Å²) in [6.07, 6.45) is 0.527. The predicted octanol–water partition coefficient (Wildman–Crippen LogP) is 4.46. The number of phenolic OH excluding ortho intramolecular Hbond substituents is 1. The van der Waals surface area contributed by atoms with Gasteiger partial charge >= 0.3 is 0 Å². The van der Waals surface area contributed by atoms with Crippen LogP contribution in [0.2, 0.25) is 0 Å². The lowest BCUT2D eigenvalue weighted by atomic mass is 9.94. The minimum atomic E-state index is -0.857. The monoisotopic (exact) mass is 473 g/mol. The molecule has 1 aliphatic heterocycles. The summed E-state index contributed by atoms with van der Waals surface area (Å²) in [5, 5.41) is 21.3. The van der Waals surface area contributed by atoms with Gasteiger partial charge in [0.15, 0.2) is 11.5 Å². The third-order valence-corrected chi connectivity index (χ3v) is 5.96. The summed E-state index contributed by atoms with van der Waals surface area (Å²) in [5.74, 6) is -1.08. The molecule has 4 rings (SSSR count). The zero-order valence-corrected chi connectivity index (χ0v) is 19.6. The van der Waals surface area contributed by atoms with E-state index in [9.17, 15) is 19.8 Å². The highest BCUT2D eigenvalue weighted by atomic mass is 16.5. The second kappa shape index (κ2) is 10.3. The van der Waals surface area contributed by atoms with Gasteiger partial charge in [0.05, 0.1) is 25.3 Å². The van der Waals surface area contributed by atoms with Crippen molar-refractivity contribution >= 4 is 17.4 Å². The van der Waals surface area contributed by atoms with Crippen molar-refractivity contribution in [1.82, 2.24) is 4.90 Å². The van der Waals surface area contributed by atoms with Gasteiger partial charge in [-0.3, -0.25) is 9.59 Å². The Bertz CT molecular complexity index is 1270. The maximum Gasteiger partial charge on any atom is 0.295 e. The maximum atomic E-state index is 13.2. The summed E-state index contributed by atoms with van der Waals surface area (Å²) in [5.41, 5.74) is 1.90. The van der Waals surface area contributed by atoms with Crippen LogP contribution in [0.15, 0.2) is 78.4 Å². The van der Waals surface area contributed by atoms with Crippen LogP contribution in [0.3, 0.4) is 0 Å². The van der Waals surface area contributed by atoms with E-state index < -0.39 is 17.7 Å². The molecule has 1 amide bonds. The van der Waals surface area contributed by atoms with E-state index in [0.717, 1.165) is 5.56 Å². The number of methoxy groups -OCH3 is 1. The number of hydrogen-bond acceptors (Lipinski definition) is 6. The van der Waals surface area contributed by atoms with E-state index in [1.54, 1.807) is 36.4 Å². The molecule has 3 aromatic carbocycles. The Kier molecular flexibility index (Phi) is 7.06. The second-order valence-corrected chi connectivity index (χ2v) is 8.12. The van der Waals surface area contributed by atoms with Crippen LogP contribution in [-0.4, -0.2) is 47.1 Å². The van der Waals surface area contributed by atoms with E-state index >= 15 is 0 Å². The highest BCUT2D eigenvalue weighted by Crippen LogP contribution is 2.42. The van der Waals surface area contributed by atoms with E-state index in [2.05, 4.69) is 0 Å². The topological polar surface area (TPSA) is 96.3 Å². The van der Waals surface area contributed by atoms with Crippen molar-refractivity contribution in [1.29, 1.82) is 0 Å². The fourth-order valence-corrected chi connectivity index (χ4v) is 4.27. The third kappa shape index (κ3) is 4.84. The number of aliphatic hydroxyl groups is 1. The van der Waals surface area contributed by atoms with Crippen molar-refractivity contribution in [2.24, 2.45) is 0 Å². The number of hydrogen-bond donors (Lipinski definition) is 2. The van der Waals surface area contributed by atoms with Crippen LogP contribution < -0.4 is 9.47 Å². The Morgan fingerprint density at radius 1 is 1.00 bits per heavy atom. The molecule has 35 heavy (non-hydrogen) atoms. The fourth-order valence-electron chi connectivity index (χ4n) is 4.27. The highest BCUT2D eigenvalue weighted by Gasteiger charge is 2.46. The van der Waals surface area contributed by atoms with Crippen molar-refractivity contribution in [3.8, 4) is 17.2 Å². The molecule has 0 spiro atoms. The standard InChI is InChI=1S/C28H27NO6/c1-3-35-21-11-7-10-20(16-21)26(31)24-25(19-12-13-22(30)23(17-19)34-2)29(28(33)27(24)32)15-14-18-8-5-4-6-9-18/h4-13,16-17,25,30-31H,3,14-15H2,1-2H3. The van der Waals surface area contributed by atoms with Crippen LogP contribution in [0, 0.1) is 0 Å². The van der Waals surface area contributed by atoms with Crippen molar-refractivity contribution in [3.63, 3.8) is 0 Å². The van der Waals surface area contributed by atoms with Gasteiger partial charge in [-0.1, -0.05) is 48.5 Å². The largest absolute Gasteiger partial charge is 0.507 e. The van der Waals surface area contributed by atoms with Crippen LogP contribution in [-0.2, 0) is 16.0 Å². The van der Waals surface area contributed by atoms with Crippen molar-refractivity contribution < 1.29 is 29.3 Å². The third-order valence-electron chi connectivity index (χ3n) is 5.96. The molecule has 7 heteroatoms. The number of likely N-dealkylation sites (tertiary alicyclic amines) is 1. The van der Waals surface area contributed by atoms with E-state index in [4.69, 9.17) is 9.47 Å². The number of rotatable bonds is 8. The second-order valence-electron chi connectivity index (χ2n) is 8.12. The average Bonchev–Trinajstić information content (AvgIpc) is 3.13. The van der Waals surface area contributed by atoms with Crippen LogP contribution in [0.25, 0.3) is 5.76 Å². The van der Waals surface area contributed by atoms with Crippen LogP contribution in [0.1, 0.15) is 29.7 Å². The molecule has 1 fully saturated rings. The van der Waals surface area contributed by atoms with Gasteiger partial charge in [-0.2, -0.15) is 0 Å². The summed E-state index contributed by atoms with van der Waals surface area (Å²) in [7, 11) is 1.42. The number of phenols is 1. The molecule has 1 heterocycles. The molecule has 0 aliphatic carbocycles. The van der Waals surface area contributed by atoms with Gasteiger partial charge < -0.3 is 24.6 Å². The average molecular weight is 474 g/mol. The number of ether oxygens (including phenoxy) is 2. The van der Waals surface area contributed by atoms with Gasteiger partial charge in [-0.25, -0.2) is 0 Å². The number of Topliss-reactive ketones (excluding diaryl/α,β-unsaturated/α-hetero) is 1. The quantitative estimate of drug-likeness (QED) is 0.285. The molecule has 3 aromatic rings. The first-order valence-electron chi connectivity index (χ1n) is 11.4. The maximum absolute atomic E-state index is 13.2. The van der Waals surface area contributed by atoms with E-state index in [-0.39, 0.29) is 29.4 Å². The highest BCUT2D eigenvalue weighted by molar-refractivity contribution is 6.46. The summed E-state index contributed by atoms with van der Waals surface area (Å²) >= 11 is 0. The SMILES string of the molecule is CCOc1cccc(C(O)=C2C(=O)C(=O)N(CCc3ccccc3)C2c2ccc(O)c(OC)c2)c1. The van der Waals surface area contributed by atoms with Crippen LogP contribution in [0.4, 0.5) is 0 Å². The molecule has 1 saturated heterocycles. The van der Waals surface area contributed by atoms with Gasteiger partial charge in [0.1, 0.15) is 11.5 Å². The number of aromatic hydroxyl groups is 1. The number of carbonyl (C=O) groups is 2. The van der Waals surface area contributed by atoms with Crippen molar-refractivity contribution in [3.05, 3.63) is 95.1 Å². The fraction of sp³-hybridized carbons (Fsp3) is 0.214. The molecule has 7 nitrogen and oxygen atoms in total. The summed E-state index contributed by atoms with van der Waals surface area (Å²) < 4.78 is 10.8. The Hall–Kier alpha value is -4.26. The van der Waals surface area contributed by atoms with Gasteiger partial charge in [-0.15, -0.1) is 0 Å². The zero-order valence-electron chi connectivity index (χ0n) is 19.6. The smallest absolute Gasteiger partial charge is 0.295 e. The molecule has 1 unspecified atom stereocenters. The number of aliphatic hydroxyl groups excluding tert-OH is 1. The summed E-state index contributed by atoms with van der Waals surface area (Å²) in [6.45, 7) is 2.56. The Morgan fingerprint density at radius 3 is 2.49 bits per heavy atom. The first kappa shape index (κ1) is 23.9. The molecule has 2 N–H and O–H groups in total. The summed E-state index contributed by atoms with van der Waals surface area (Å²) in [4.78, 5) is 27.9. The minimum Gasteiger partial charge on any atom is -0.507 e. The molecule has 0 aromatic heterocycles. The van der Waals surface area contributed by atoms with Crippen molar-refractivity contribution in [2.75, 3.05) is 20.3 Å². The lowest BCUT2D eigenvalue weighted by Gasteiger charge is -2.26. The number of ketones is 1. The summed E-state index contributed by atoms with van der Waals surface area (Å²) in [6, 6.07) is 20.2. The minimum absolute atomic E-state index is 0.0237. The van der Waals surface area contributed by atoms with Crippen molar-refractivity contribution in [2.45, 2.75) is 19.4 Å². The van der Waals surface area contributed by atoms with E-state index in [1.807, 2.05) is 37.3 Å². The number of carbonyl (C=O) groups excluding carboxylic acids is 2. The molecule has 0 saturated carbocycles. The molecule has 1 atom stereocenters. The molecule has 0 radical (unpaired) electrons. The van der Waals surface area contributed by atoms with Gasteiger partial charge in [0.25, 0.3) is 11.7 Å². The Morgan fingerprint density at radius 2 is 1.77 bits per heavy atom. The predicted molar refractivity (Wildman–Crippen MR) is 131 cm³/mol. The first-order chi connectivity index (χ1) is 16.9. The number of amides is 1. The molecular weight excluding hydrogens is 446 g/mol. The molecular formula is C28H27NO6. The Balaban J connectivity index is 1.82. The number of benzene rings is 3. The van der Waals surface area contributed by atoms with E-state index in [1.165, 1.54) is 18.1 Å². The Labute approximate surface area is 203 Å². The van der Waals surface area contributed by atoms with Gasteiger partial charge in [0.2, 0.25) is 0 Å². The van der Waals surface area contributed by atoms with E-state index in [0.29, 0.717) is 29.9 Å². The zero-order chi connectivity index (χ0) is 24.9. The molecule has 1 aliphatic rings. The normalized spacial score (nSPS) is 17.0. The first-order valence-corrected chi connectivity index (χ1v) is 11.4. The molecule has 180 valence electrons. The van der Waals surface area contributed by atoms with Crippen LogP contribution in [0.5, 0.6) is 17.2 Å². The number of nitrogens with zero attached hydrogens (tertiary/aromatic N) is 1. The lowest BCUT2D eigenvalue weighted by molar-refractivity contribution is -0.139. The van der Waals surface area contributed by atoms with Gasteiger partial charge in [0, 0.05) is 12.1 Å². The lowest BCUT2D eigenvalue weighted by Crippen LogP contribution is -2.31.